The lowest BCUT2D eigenvalue weighted by atomic mass is 10.7. The van der Waals surface area contributed by atoms with Gasteiger partial charge in [-0.25, -0.2) is 4.79 Å². The Kier molecular flexibility index (Phi) is 2.40. The Morgan fingerprint density at radius 3 is 2.73 bits per heavy atom. The molecule has 1 amide bonds. The van der Waals surface area contributed by atoms with Crippen molar-refractivity contribution in [2.75, 3.05) is 6.54 Å². The first-order chi connectivity index (χ1) is 5.27. The van der Waals surface area contributed by atoms with E-state index in [0.29, 0.717) is 0 Å². The number of carbonyl (C=O) groups is 1. The zero-order valence-electron chi connectivity index (χ0n) is 6.32. The smallest absolute Gasteiger partial charge is 0.433 e. The molecule has 1 rings (SSSR count). The van der Waals surface area contributed by atoms with Crippen LogP contribution in [0.2, 0.25) is 0 Å². The van der Waals surface area contributed by atoms with Crippen molar-refractivity contribution < 1.29 is 9.53 Å². The van der Waals surface area contributed by atoms with Crippen LogP contribution in [-0.4, -0.2) is 23.8 Å². The van der Waals surface area contributed by atoms with Crippen molar-refractivity contribution in [1.82, 2.24) is 5.01 Å². The SMILES string of the molecule is CCN(N=O)C(=O)OC1CC1. The number of hydrogen-bond donors (Lipinski definition) is 0. The molecule has 5 nitrogen and oxygen atoms in total. The molecule has 0 aromatic rings. The maximum atomic E-state index is 10.9. The van der Waals surface area contributed by atoms with Crippen LogP contribution < -0.4 is 0 Å². The minimum Gasteiger partial charge on any atom is -0.445 e. The molecule has 1 aliphatic rings. The molecule has 0 saturated heterocycles. The molecule has 0 N–H and O–H groups in total. The first kappa shape index (κ1) is 7.97. The van der Waals surface area contributed by atoms with E-state index in [4.69, 9.17) is 4.74 Å². The van der Waals surface area contributed by atoms with Gasteiger partial charge in [-0.15, -0.1) is 4.91 Å². The van der Waals surface area contributed by atoms with Crippen molar-refractivity contribution in [1.29, 1.82) is 0 Å². The van der Waals surface area contributed by atoms with Crippen LogP contribution in [0.1, 0.15) is 19.8 Å². The van der Waals surface area contributed by atoms with Gasteiger partial charge in [-0.3, -0.25) is 0 Å². The van der Waals surface area contributed by atoms with E-state index >= 15 is 0 Å². The molecule has 11 heavy (non-hydrogen) atoms. The molecule has 1 aliphatic carbocycles. The summed E-state index contributed by atoms with van der Waals surface area (Å²) in [6.07, 6.45) is 1.20. The molecule has 0 radical (unpaired) electrons. The Labute approximate surface area is 64.3 Å². The Morgan fingerprint density at radius 2 is 2.36 bits per heavy atom. The van der Waals surface area contributed by atoms with Gasteiger partial charge in [0.05, 0.1) is 5.29 Å². The van der Waals surface area contributed by atoms with E-state index in [2.05, 4.69) is 5.29 Å². The molecule has 0 unspecified atom stereocenters. The molecule has 0 spiro atoms. The summed E-state index contributed by atoms with van der Waals surface area (Å²) in [7, 11) is 0. The van der Waals surface area contributed by atoms with Gasteiger partial charge in [-0.05, 0) is 19.8 Å². The van der Waals surface area contributed by atoms with Crippen LogP contribution in [0, 0.1) is 4.91 Å². The number of carbonyl (C=O) groups excluding carboxylic acids is 1. The van der Waals surface area contributed by atoms with Crippen LogP contribution in [-0.2, 0) is 4.74 Å². The first-order valence-electron chi connectivity index (χ1n) is 3.59. The van der Waals surface area contributed by atoms with Gasteiger partial charge in [0, 0.05) is 6.54 Å². The van der Waals surface area contributed by atoms with Crippen molar-refractivity contribution in [2.45, 2.75) is 25.9 Å². The molecular weight excluding hydrogens is 148 g/mol. The van der Waals surface area contributed by atoms with E-state index in [-0.39, 0.29) is 12.6 Å². The largest absolute Gasteiger partial charge is 0.445 e. The highest BCUT2D eigenvalue weighted by Crippen LogP contribution is 2.24. The monoisotopic (exact) mass is 158 g/mol. The van der Waals surface area contributed by atoms with E-state index in [1.54, 1.807) is 6.92 Å². The van der Waals surface area contributed by atoms with E-state index in [0.717, 1.165) is 17.9 Å². The Hall–Kier alpha value is -1.13. The van der Waals surface area contributed by atoms with Crippen LogP contribution >= 0.6 is 0 Å². The van der Waals surface area contributed by atoms with Crippen LogP contribution in [0.25, 0.3) is 0 Å². The number of rotatable bonds is 3. The lowest BCUT2D eigenvalue weighted by molar-refractivity contribution is 0.0982. The maximum absolute atomic E-state index is 10.9. The quantitative estimate of drug-likeness (QED) is 0.459. The summed E-state index contributed by atoms with van der Waals surface area (Å²) in [4.78, 5) is 20.8. The highest BCUT2D eigenvalue weighted by atomic mass is 16.6. The van der Waals surface area contributed by atoms with Crippen molar-refractivity contribution in [3.05, 3.63) is 4.91 Å². The fraction of sp³-hybridized carbons (Fsp3) is 0.833. The number of nitrogens with zero attached hydrogens (tertiary/aromatic N) is 2. The van der Waals surface area contributed by atoms with Gasteiger partial charge >= 0.3 is 6.09 Å². The zero-order valence-corrected chi connectivity index (χ0v) is 6.32. The normalized spacial score (nSPS) is 15.7. The topological polar surface area (TPSA) is 59.0 Å². The third-order valence-corrected chi connectivity index (χ3v) is 1.40. The Balaban J connectivity index is 2.30. The van der Waals surface area contributed by atoms with Gasteiger partial charge in [-0.2, -0.15) is 5.01 Å². The molecule has 5 heteroatoms. The molecule has 0 aliphatic heterocycles. The Bertz CT molecular complexity index is 167. The first-order valence-corrected chi connectivity index (χ1v) is 3.59. The molecule has 0 bridgehead atoms. The molecule has 0 heterocycles. The zero-order chi connectivity index (χ0) is 8.27. The number of hydrogen-bond acceptors (Lipinski definition) is 4. The van der Waals surface area contributed by atoms with Gasteiger partial charge < -0.3 is 4.74 Å². The molecule has 1 fully saturated rings. The minimum absolute atomic E-state index is 0.0262. The molecule has 0 atom stereocenters. The minimum atomic E-state index is -0.634. The summed E-state index contributed by atoms with van der Waals surface area (Å²) in [6, 6.07) is 0. The number of ether oxygens (including phenoxy) is 1. The van der Waals surface area contributed by atoms with Crippen molar-refractivity contribution in [3.63, 3.8) is 0 Å². The van der Waals surface area contributed by atoms with Crippen LogP contribution in [0.5, 0.6) is 0 Å². The van der Waals surface area contributed by atoms with E-state index in [1.165, 1.54) is 0 Å². The third kappa shape index (κ3) is 2.18. The van der Waals surface area contributed by atoms with Crippen molar-refractivity contribution in [3.8, 4) is 0 Å². The predicted molar refractivity (Wildman–Crippen MR) is 37.7 cm³/mol. The summed E-state index contributed by atoms with van der Waals surface area (Å²) in [5.74, 6) is 0. The van der Waals surface area contributed by atoms with Crippen LogP contribution in [0.3, 0.4) is 0 Å². The van der Waals surface area contributed by atoms with Crippen molar-refractivity contribution in [2.24, 2.45) is 5.29 Å². The van der Waals surface area contributed by atoms with E-state index in [1.807, 2.05) is 0 Å². The van der Waals surface area contributed by atoms with Gasteiger partial charge in [0.25, 0.3) is 0 Å². The van der Waals surface area contributed by atoms with Gasteiger partial charge in [0.2, 0.25) is 0 Å². The van der Waals surface area contributed by atoms with Crippen molar-refractivity contribution >= 4 is 6.09 Å². The fourth-order valence-electron chi connectivity index (χ4n) is 0.609. The van der Waals surface area contributed by atoms with E-state index in [9.17, 15) is 9.70 Å². The summed E-state index contributed by atoms with van der Waals surface area (Å²) in [6.45, 7) is 1.92. The maximum Gasteiger partial charge on any atom is 0.433 e. The van der Waals surface area contributed by atoms with Gasteiger partial charge in [0.15, 0.2) is 0 Å². The van der Waals surface area contributed by atoms with Crippen LogP contribution in [0.15, 0.2) is 5.29 Å². The molecule has 1 saturated carbocycles. The van der Waals surface area contributed by atoms with Gasteiger partial charge in [-0.1, -0.05) is 0 Å². The second-order valence-corrected chi connectivity index (χ2v) is 2.38. The number of amides is 1. The average Bonchev–Trinajstić information content (AvgIpc) is 2.74. The number of nitroso groups, excluding NO2 is 1. The molecular formula is C6H10N2O3. The summed E-state index contributed by atoms with van der Waals surface area (Å²) in [5.41, 5.74) is 0. The molecule has 0 aromatic carbocycles. The second kappa shape index (κ2) is 3.32. The highest BCUT2D eigenvalue weighted by Gasteiger charge is 2.28. The standard InChI is InChI=1S/C6H10N2O3/c1-2-8(7-10)6(9)11-5-3-4-5/h5H,2-4H2,1H3. The molecule has 62 valence electrons. The average molecular weight is 158 g/mol. The summed E-state index contributed by atoms with van der Waals surface area (Å²) < 4.78 is 4.80. The fourth-order valence-corrected chi connectivity index (χ4v) is 0.609. The van der Waals surface area contributed by atoms with Gasteiger partial charge in [0.1, 0.15) is 6.10 Å². The Morgan fingerprint density at radius 1 is 1.73 bits per heavy atom. The summed E-state index contributed by atoms with van der Waals surface area (Å²) >= 11 is 0. The second-order valence-electron chi connectivity index (χ2n) is 2.38. The lowest BCUT2D eigenvalue weighted by Gasteiger charge is -2.09. The molecule has 0 aromatic heterocycles. The predicted octanol–water partition coefficient (Wildman–Crippen LogP) is 1.29. The van der Waals surface area contributed by atoms with Crippen LogP contribution in [0.4, 0.5) is 4.79 Å². The highest BCUT2D eigenvalue weighted by molar-refractivity contribution is 5.67. The summed E-state index contributed by atoms with van der Waals surface area (Å²) in [5, 5.41) is 3.26. The van der Waals surface area contributed by atoms with E-state index < -0.39 is 6.09 Å². The lowest BCUT2D eigenvalue weighted by Crippen LogP contribution is -2.26. The third-order valence-electron chi connectivity index (χ3n) is 1.40.